The van der Waals surface area contributed by atoms with Crippen molar-refractivity contribution < 1.29 is 18.3 Å². The summed E-state index contributed by atoms with van der Waals surface area (Å²) in [6, 6.07) is 10.7. The minimum absolute atomic E-state index is 0.185. The molecular formula is C18H16ClNO4S3. The van der Waals surface area contributed by atoms with Gasteiger partial charge in [-0.15, -0.1) is 0 Å². The maximum Gasteiger partial charge on any atom is 0.266 e. The molecule has 9 heteroatoms. The number of halogens is 1. The molecule has 0 bridgehead atoms. The lowest BCUT2D eigenvalue weighted by Gasteiger charge is -2.28. The van der Waals surface area contributed by atoms with E-state index in [1.807, 2.05) is 18.2 Å². The fraction of sp³-hybridized carbons (Fsp3) is 0.222. The summed E-state index contributed by atoms with van der Waals surface area (Å²) >= 11 is 12.7. The molecule has 2 aliphatic rings. The van der Waals surface area contributed by atoms with Crippen LogP contribution in [0.3, 0.4) is 0 Å². The molecule has 1 aromatic heterocycles. The van der Waals surface area contributed by atoms with Crippen LogP contribution in [0.25, 0.3) is 17.4 Å². The predicted octanol–water partition coefficient (Wildman–Crippen LogP) is 5.32. The number of rotatable bonds is 3. The van der Waals surface area contributed by atoms with Gasteiger partial charge in [-0.1, -0.05) is 47.7 Å². The van der Waals surface area contributed by atoms with Gasteiger partial charge in [0.15, 0.2) is 0 Å². The standard InChI is InChI=1S/C18H16ClNO4S3/c19-14-4-2-1-3-13(14)15-6-5-12(24-15)9-16-17(21)20(18(25)26-16)11-7-8-27(22,23)10-11/h1-6,9,11,22-23H,7-8,10H2. The second-order valence-corrected chi connectivity index (χ2v) is 10.8. The fourth-order valence-corrected chi connectivity index (χ4v) is 6.52. The molecule has 1 unspecified atom stereocenters. The zero-order valence-electron chi connectivity index (χ0n) is 14.0. The first kappa shape index (κ1) is 19.0. The van der Waals surface area contributed by atoms with Gasteiger partial charge in [0, 0.05) is 17.4 Å². The van der Waals surface area contributed by atoms with Gasteiger partial charge in [0.05, 0.1) is 21.7 Å². The van der Waals surface area contributed by atoms with E-state index in [0.717, 1.165) is 5.56 Å². The molecule has 2 aromatic rings. The van der Waals surface area contributed by atoms with E-state index < -0.39 is 10.6 Å². The Balaban J connectivity index is 1.56. The lowest BCUT2D eigenvalue weighted by atomic mass is 10.2. The predicted molar refractivity (Wildman–Crippen MR) is 115 cm³/mol. The van der Waals surface area contributed by atoms with Gasteiger partial charge in [-0.25, -0.2) is 0 Å². The highest BCUT2D eigenvalue weighted by Gasteiger charge is 2.42. The van der Waals surface area contributed by atoms with Crippen molar-refractivity contribution in [3.63, 3.8) is 0 Å². The molecule has 27 heavy (non-hydrogen) atoms. The monoisotopic (exact) mass is 441 g/mol. The Morgan fingerprint density at radius 2 is 2.07 bits per heavy atom. The summed E-state index contributed by atoms with van der Waals surface area (Å²) in [6.45, 7) is 0. The summed E-state index contributed by atoms with van der Waals surface area (Å²) in [7, 11) is -2.60. The van der Waals surface area contributed by atoms with E-state index >= 15 is 0 Å². The van der Waals surface area contributed by atoms with Crippen molar-refractivity contribution in [2.45, 2.75) is 12.5 Å². The van der Waals surface area contributed by atoms with Crippen LogP contribution in [0.4, 0.5) is 0 Å². The van der Waals surface area contributed by atoms with Crippen LogP contribution in [-0.2, 0) is 4.79 Å². The third-order valence-corrected chi connectivity index (χ3v) is 7.93. The lowest BCUT2D eigenvalue weighted by Crippen LogP contribution is -2.39. The number of benzene rings is 1. The van der Waals surface area contributed by atoms with Gasteiger partial charge < -0.3 is 4.42 Å². The Labute approximate surface area is 172 Å². The molecule has 5 nitrogen and oxygen atoms in total. The van der Waals surface area contributed by atoms with Crippen molar-refractivity contribution in [1.29, 1.82) is 0 Å². The van der Waals surface area contributed by atoms with E-state index in [9.17, 15) is 13.9 Å². The maximum absolute atomic E-state index is 12.8. The Bertz CT molecular complexity index is 956. The second-order valence-electron chi connectivity index (χ2n) is 6.35. The van der Waals surface area contributed by atoms with E-state index in [-0.39, 0.29) is 17.7 Å². The lowest BCUT2D eigenvalue weighted by molar-refractivity contribution is -0.123. The van der Waals surface area contributed by atoms with Crippen molar-refractivity contribution in [1.82, 2.24) is 4.90 Å². The molecule has 2 fully saturated rings. The SMILES string of the molecule is O=C1C(=Cc2ccc(-c3ccccc3Cl)o2)SC(=S)N1C1CCS(O)(O)C1. The molecule has 2 aliphatic heterocycles. The van der Waals surface area contributed by atoms with Crippen LogP contribution in [-0.4, -0.2) is 41.8 Å². The van der Waals surface area contributed by atoms with E-state index in [4.69, 9.17) is 28.2 Å². The summed E-state index contributed by atoms with van der Waals surface area (Å²) in [6.07, 6.45) is 2.20. The minimum Gasteiger partial charge on any atom is -0.457 e. The van der Waals surface area contributed by atoms with Gasteiger partial charge >= 0.3 is 0 Å². The quantitative estimate of drug-likeness (QED) is 0.495. The van der Waals surface area contributed by atoms with Crippen LogP contribution in [0.2, 0.25) is 5.02 Å². The van der Waals surface area contributed by atoms with Crippen molar-refractivity contribution in [2.24, 2.45) is 0 Å². The number of hydrogen-bond acceptors (Lipinski definition) is 6. The van der Waals surface area contributed by atoms with E-state index in [1.54, 1.807) is 24.3 Å². The normalized spacial score (nSPS) is 24.8. The summed E-state index contributed by atoms with van der Waals surface area (Å²) in [5, 5.41) is 0.588. The molecule has 0 spiro atoms. The van der Waals surface area contributed by atoms with Gasteiger partial charge in [-0.3, -0.25) is 18.8 Å². The van der Waals surface area contributed by atoms with Crippen LogP contribution in [0.5, 0.6) is 0 Å². The molecule has 1 atom stereocenters. The topological polar surface area (TPSA) is 73.9 Å². The number of hydrogen-bond donors (Lipinski definition) is 2. The average Bonchev–Trinajstić information content (AvgIpc) is 3.27. The number of carbonyl (C=O) groups excluding carboxylic acids is 1. The van der Waals surface area contributed by atoms with E-state index in [0.29, 0.717) is 37.9 Å². The zero-order valence-corrected chi connectivity index (χ0v) is 17.2. The highest BCUT2D eigenvalue weighted by Crippen LogP contribution is 2.49. The zero-order chi connectivity index (χ0) is 19.2. The third-order valence-electron chi connectivity index (χ3n) is 4.47. The summed E-state index contributed by atoms with van der Waals surface area (Å²) in [5.41, 5.74) is 0.780. The molecule has 0 radical (unpaired) electrons. The van der Waals surface area contributed by atoms with Gasteiger partial charge in [0.2, 0.25) is 0 Å². The van der Waals surface area contributed by atoms with Gasteiger partial charge in [-0.2, -0.15) is 10.6 Å². The Morgan fingerprint density at radius 3 is 2.78 bits per heavy atom. The Morgan fingerprint density at radius 1 is 1.30 bits per heavy atom. The number of furan rings is 1. The van der Waals surface area contributed by atoms with Crippen LogP contribution in [0, 0.1) is 0 Å². The maximum atomic E-state index is 12.8. The molecule has 0 aliphatic carbocycles. The molecule has 1 amide bonds. The first-order valence-electron chi connectivity index (χ1n) is 8.19. The van der Waals surface area contributed by atoms with Crippen LogP contribution in [0.1, 0.15) is 12.2 Å². The molecule has 3 heterocycles. The second kappa shape index (κ2) is 7.27. The molecule has 1 aromatic carbocycles. The third kappa shape index (κ3) is 3.83. The highest BCUT2D eigenvalue weighted by atomic mass is 35.5. The number of nitrogens with zero attached hydrogens (tertiary/aromatic N) is 1. The molecule has 2 saturated heterocycles. The molecule has 4 rings (SSSR count). The largest absolute Gasteiger partial charge is 0.457 e. The van der Waals surface area contributed by atoms with Crippen molar-refractivity contribution in [2.75, 3.05) is 11.5 Å². The Hall–Kier alpha value is -1.29. The minimum atomic E-state index is -2.60. The Kier molecular flexibility index (Phi) is 5.13. The van der Waals surface area contributed by atoms with Gasteiger partial charge in [0.1, 0.15) is 15.8 Å². The number of thiocarbonyl (C=S) groups is 1. The smallest absolute Gasteiger partial charge is 0.266 e. The number of amides is 1. The van der Waals surface area contributed by atoms with Gasteiger partial charge in [0.25, 0.3) is 5.91 Å². The molecular weight excluding hydrogens is 426 g/mol. The summed E-state index contributed by atoms with van der Waals surface area (Å²) < 4.78 is 25.9. The van der Waals surface area contributed by atoms with Gasteiger partial charge in [-0.05, 0) is 30.7 Å². The summed E-state index contributed by atoms with van der Waals surface area (Å²) in [4.78, 5) is 14.7. The number of thioether (sulfide) groups is 1. The van der Waals surface area contributed by atoms with Crippen LogP contribution >= 0.6 is 46.2 Å². The van der Waals surface area contributed by atoms with Crippen molar-refractivity contribution >= 4 is 62.5 Å². The highest BCUT2D eigenvalue weighted by molar-refractivity contribution is 8.27. The first-order chi connectivity index (χ1) is 12.8. The fourth-order valence-electron chi connectivity index (χ4n) is 3.16. The van der Waals surface area contributed by atoms with Crippen LogP contribution < -0.4 is 0 Å². The van der Waals surface area contributed by atoms with E-state index in [2.05, 4.69) is 0 Å². The number of carbonyl (C=O) groups is 1. The van der Waals surface area contributed by atoms with E-state index in [1.165, 1.54) is 16.7 Å². The first-order valence-corrected chi connectivity index (χ1v) is 11.7. The molecule has 142 valence electrons. The molecule has 2 N–H and O–H groups in total. The molecule has 0 saturated carbocycles. The summed E-state index contributed by atoms with van der Waals surface area (Å²) in [5.74, 6) is 1.42. The average molecular weight is 442 g/mol. The van der Waals surface area contributed by atoms with Crippen molar-refractivity contribution in [3.05, 3.63) is 52.1 Å². The van der Waals surface area contributed by atoms with Crippen molar-refractivity contribution in [3.8, 4) is 11.3 Å². The van der Waals surface area contributed by atoms with Crippen LogP contribution in [0.15, 0.2) is 45.7 Å².